The van der Waals surface area contributed by atoms with Crippen LogP contribution < -0.4 is 15.4 Å². The van der Waals surface area contributed by atoms with E-state index in [1.54, 1.807) is 35.6 Å². The molecule has 3 aromatic carbocycles. The number of amides is 2. The molecule has 0 radical (unpaired) electrons. The molecule has 0 aliphatic rings. The van der Waals surface area contributed by atoms with Crippen LogP contribution in [0.5, 0.6) is 5.75 Å². The van der Waals surface area contributed by atoms with Gasteiger partial charge in [-0.2, -0.15) is 0 Å². The molecule has 1 aromatic heterocycles. The Kier molecular flexibility index (Phi) is 6.94. The summed E-state index contributed by atoms with van der Waals surface area (Å²) in [5.74, 6) is -0.220. The lowest BCUT2D eigenvalue weighted by molar-refractivity contribution is -0.123. The van der Waals surface area contributed by atoms with Crippen LogP contribution in [0.3, 0.4) is 0 Å². The van der Waals surface area contributed by atoms with Gasteiger partial charge in [-0.15, -0.1) is 11.3 Å². The van der Waals surface area contributed by atoms with Crippen LogP contribution in [-0.2, 0) is 4.79 Å². The van der Waals surface area contributed by atoms with E-state index in [0.717, 1.165) is 10.4 Å². The normalized spacial score (nSPS) is 11.4. The van der Waals surface area contributed by atoms with E-state index in [1.807, 2.05) is 78.2 Å². The maximum atomic E-state index is 12.7. The fraction of sp³-hybridized carbons (Fsp3) is 0.0769. The highest BCUT2D eigenvalue weighted by Gasteiger charge is 2.19. The zero-order valence-corrected chi connectivity index (χ0v) is 18.0. The quantitative estimate of drug-likeness (QED) is 0.390. The Morgan fingerprint density at radius 2 is 1.50 bits per heavy atom. The van der Waals surface area contributed by atoms with Gasteiger partial charge in [-0.25, -0.2) is 0 Å². The first kappa shape index (κ1) is 21.3. The molecule has 2 amide bonds. The highest BCUT2D eigenvalue weighted by Crippen LogP contribution is 2.26. The Morgan fingerprint density at radius 1 is 0.812 bits per heavy atom. The van der Waals surface area contributed by atoms with Gasteiger partial charge in [0.2, 0.25) is 0 Å². The van der Waals surface area contributed by atoms with E-state index in [2.05, 4.69) is 10.6 Å². The van der Waals surface area contributed by atoms with E-state index < -0.39 is 0 Å². The number of thiophene rings is 1. The number of benzene rings is 3. The van der Waals surface area contributed by atoms with Crippen LogP contribution in [0.15, 0.2) is 102 Å². The van der Waals surface area contributed by atoms with Crippen LogP contribution in [0, 0.1) is 0 Å². The van der Waals surface area contributed by atoms with Crippen molar-refractivity contribution in [2.75, 3.05) is 11.9 Å². The Hall–Kier alpha value is -3.90. The zero-order valence-electron chi connectivity index (χ0n) is 17.2. The van der Waals surface area contributed by atoms with E-state index in [0.29, 0.717) is 17.0 Å². The summed E-state index contributed by atoms with van der Waals surface area (Å²) in [6.45, 7) is -0.204. The van der Waals surface area contributed by atoms with Crippen LogP contribution in [0.25, 0.3) is 0 Å². The van der Waals surface area contributed by atoms with Crippen molar-refractivity contribution in [3.8, 4) is 5.75 Å². The smallest absolute Gasteiger partial charge is 0.259 e. The average Bonchev–Trinajstić information content (AvgIpc) is 3.37. The third kappa shape index (κ3) is 5.42. The molecule has 0 aliphatic heterocycles. The minimum Gasteiger partial charge on any atom is -0.483 e. The number of carbonyl (C=O) groups is 2. The van der Waals surface area contributed by atoms with Gasteiger partial charge in [0.05, 0.1) is 11.6 Å². The number of rotatable bonds is 8. The Bertz CT molecular complexity index is 1160. The molecule has 0 fully saturated rings. The number of hydrogen-bond donors (Lipinski definition) is 2. The summed E-state index contributed by atoms with van der Waals surface area (Å²) in [6.07, 6.45) is 0. The van der Waals surface area contributed by atoms with Gasteiger partial charge in [0.15, 0.2) is 6.61 Å². The average molecular weight is 443 g/mol. The first-order valence-electron chi connectivity index (χ1n) is 10.2. The van der Waals surface area contributed by atoms with E-state index in [1.165, 1.54) is 0 Å². The molecule has 0 bridgehead atoms. The minimum absolute atomic E-state index is 0.204. The van der Waals surface area contributed by atoms with Gasteiger partial charge < -0.3 is 15.4 Å². The third-order valence-corrected chi connectivity index (χ3v) is 5.73. The first-order valence-corrected chi connectivity index (χ1v) is 11.0. The molecular formula is C26H22N2O3S. The molecule has 32 heavy (non-hydrogen) atoms. The maximum Gasteiger partial charge on any atom is 0.259 e. The van der Waals surface area contributed by atoms with Crippen LogP contribution in [-0.4, -0.2) is 18.4 Å². The number of para-hydroxylation sites is 2. The van der Waals surface area contributed by atoms with Crippen molar-refractivity contribution >= 4 is 28.8 Å². The van der Waals surface area contributed by atoms with Crippen molar-refractivity contribution in [1.29, 1.82) is 0 Å². The highest BCUT2D eigenvalue weighted by molar-refractivity contribution is 7.10. The lowest BCUT2D eigenvalue weighted by Gasteiger charge is -2.18. The minimum atomic E-state index is -0.298. The molecule has 1 heterocycles. The van der Waals surface area contributed by atoms with Crippen molar-refractivity contribution < 1.29 is 14.3 Å². The van der Waals surface area contributed by atoms with Crippen molar-refractivity contribution in [2.45, 2.75) is 6.04 Å². The monoisotopic (exact) mass is 442 g/mol. The standard InChI is InChI=1S/C26H22N2O3S/c29-24(28-25(23-16-9-17-32-23)19-10-3-1-4-11-19)18-31-22-15-8-7-14-21(22)26(30)27-20-12-5-2-6-13-20/h1-17,25H,18H2,(H,27,30)(H,28,29). The lowest BCUT2D eigenvalue weighted by atomic mass is 10.1. The topological polar surface area (TPSA) is 67.4 Å². The Labute approximate surface area is 190 Å². The summed E-state index contributed by atoms with van der Waals surface area (Å²) in [7, 11) is 0. The summed E-state index contributed by atoms with van der Waals surface area (Å²) < 4.78 is 5.74. The highest BCUT2D eigenvalue weighted by atomic mass is 32.1. The number of nitrogens with one attached hydrogen (secondary N) is 2. The van der Waals surface area contributed by atoms with E-state index in [4.69, 9.17) is 4.74 Å². The van der Waals surface area contributed by atoms with Gasteiger partial charge in [-0.3, -0.25) is 9.59 Å². The Balaban J connectivity index is 1.43. The van der Waals surface area contributed by atoms with E-state index >= 15 is 0 Å². The first-order chi connectivity index (χ1) is 15.7. The van der Waals surface area contributed by atoms with E-state index in [-0.39, 0.29) is 24.5 Å². The molecule has 0 saturated carbocycles. The molecule has 5 nitrogen and oxygen atoms in total. The van der Waals surface area contributed by atoms with Crippen molar-refractivity contribution in [3.05, 3.63) is 118 Å². The predicted molar refractivity (Wildman–Crippen MR) is 127 cm³/mol. The Morgan fingerprint density at radius 3 is 2.22 bits per heavy atom. The number of hydrogen-bond acceptors (Lipinski definition) is 4. The second-order valence-corrected chi connectivity index (χ2v) is 8.01. The van der Waals surface area contributed by atoms with Gasteiger partial charge in [0.25, 0.3) is 11.8 Å². The largest absolute Gasteiger partial charge is 0.483 e. The predicted octanol–water partition coefficient (Wildman–Crippen LogP) is 5.29. The number of ether oxygens (including phenoxy) is 1. The van der Waals surface area contributed by atoms with Gasteiger partial charge >= 0.3 is 0 Å². The lowest BCUT2D eigenvalue weighted by Crippen LogP contribution is -2.33. The molecule has 0 spiro atoms. The van der Waals surface area contributed by atoms with Crippen LogP contribution >= 0.6 is 11.3 Å². The van der Waals surface area contributed by atoms with Crippen LogP contribution in [0.4, 0.5) is 5.69 Å². The molecule has 4 rings (SSSR count). The molecule has 0 aliphatic carbocycles. The van der Waals surface area contributed by atoms with Crippen molar-refractivity contribution in [2.24, 2.45) is 0 Å². The molecule has 0 saturated heterocycles. The molecule has 1 unspecified atom stereocenters. The molecule has 2 N–H and O–H groups in total. The molecule has 4 aromatic rings. The van der Waals surface area contributed by atoms with Gasteiger partial charge in [0, 0.05) is 10.6 Å². The van der Waals surface area contributed by atoms with Gasteiger partial charge in [0.1, 0.15) is 5.75 Å². The maximum absolute atomic E-state index is 12.7. The molecule has 160 valence electrons. The third-order valence-electron chi connectivity index (χ3n) is 4.79. The van der Waals surface area contributed by atoms with Gasteiger partial charge in [-0.1, -0.05) is 66.7 Å². The fourth-order valence-electron chi connectivity index (χ4n) is 3.27. The van der Waals surface area contributed by atoms with Crippen molar-refractivity contribution in [1.82, 2.24) is 5.32 Å². The number of carbonyl (C=O) groups excluding carboxylic acids is 2. The van der Waals surface area contributed by atoms with E-state index in [9.17, 15) is 9.59 Å². The summed E-state index contributed by atoms with van der Waals surface area (Å²) in [6, 6.07) is 29.6. The number of anilines is 1. The van der Waals surface area contributed by atoms with Gasteiger partial charge in [-0.05, 0) is 41.3 Å². The second kappa shape index (κ2) is 10.4. The zero-order chi connectivity index (χ0) is 22.2. The summed E-state index contributed by atoms with van der Waals surface area (Å²) in [4.78, 5) is 26.5. The molecule has 6 heteroatoms. The molecule has 1 atom stereocenters. The van der Waals surface area contributed by atoms with Crippen LogP contribution in [0.1, 0.15) is 26.8 Å². The summed E-state index contributed by atoms with van der Waals surface area (Å²) in [5, 5.41) is 7.86. The van der Waals surface area contributed by atoms with Crippen LogP contribution in [0.2, 0.25) is 0 Å². The summed E-state index contributed by atoms with van der Waals surface area (Å²) in [5.41, 5.74) is 2.04. The summed E-state index contributed by atoms with van der Waals surface area (Å²) >= 11 is 1.58. The second-order valence-electron chi connectivity index (χ2n) is 7.03. The SMILES string of the molecule is O=C(COc1ccccc1C(=O)Nc1ccccc1)NC(c1ccccc1)c1cccs1. The molecular weight excluding hydrogens is 420 g/mol. The fourth-order valence-corrected chi connectivity index (χ4v) is 4.07. The van der Waals surface area contributed by atoms with Crippen molar-refractivity contribution in [3.63, 3.8) is 0 Å².